The first-order valence-corrected chi connectivity index (χ1v) is 9.75. The van der Waals surface area contributed by atoms with Crippen LogP contribution in [0.4, 0.5) is 4.39 Å². The van der Waals surface area contributed by atoms with Gasteiger partial charge in [0.2, 0.25) is 5.91 Å². The highest BCUT2D eigenvalue weighted by Gasteiger charge is 2.25. The van der Waals surface area contributed by atoms with E-state index in [1.165, 1.54) is 6.07 Å². The van der Waals surface area contributed by atoms with Gasteiger partial charge in [-0.3, -0.25) is 14.7 Å². The topological polar surface area (TPSA) is 60.0 Å². The number of hydrogen-bond donors (Lipinski definition) is 2. The van der Waals surface area contributed by atoms with Gasteiger partial charge in [0.1, 0.15) is 5.82 Å². The molecule has 1 saturated carbocycles. The van der Waals surface area contributed by atoms with Crippen LogP contribution in [0.3, 0.4) is 0 Å². The fourth-order valence-corrected chi connectivity index (χ4v) is 3.23. The highest BCUT2D eigenvalue weighted by Crippen LogP contribution is 2.18. The standard InChI is InChI=1S/C18H25BrFN5O.HI/c1-21-18(22-11-13-2-5-15(19)16(20)10-13)25-8-6-24(7-9-25)12-17(26)23-14-3-4-14;/h2,5,10,14H,3-4,6-9,11-12H2,1H3,(H,21,22)(H,23,26);1H. The third-order valence-electron chi connectivity index (χ3n) is 4.63. The van der Waals surface area contributed by atoms with Crippen molar-refractivity contribution in [2.24, 2.45) is 4.99 Å². The molecule has 1 amide bonds. The SMILES string of the molecule is CN=C(NCc1ccc(Br)c(F)c1)N1CCN(CC(=O)NC2CC2)CC1.I. The van der Waals surface area contributed by atoms with Crippen molar-refractivity contribution in [3.63, 3.8) is 0 Å². The van der Waals surface area contributed by atoms with Gasteiger partial charge >= 0.3 is 0 Å². The molecule has 0 unspecified atom stereocenters. The second kappa shape index (κ2) is 10.6. The van der Waals surface area contributed by atoms with Crippen LogP contribution in [0.2, 0.25) is 0 Å². The summed E-state index contributed by atoms with van der Waals surface area (Å²) in [4.78, 5) is 20.6. The quantitative estimate of drug-likeness (QED) is 0.333. The van der Waals surface area contributed by atoms with Gasteiger partial charge < -0.3 is 15.5 Å². The molecule has 0 radical (unpaired) electrons. The Kier molecular flexibility index (Phi) is 8.74. The van der Waals surface area contributed by atoms with Gasteiger partial charge in [-0.05, 0) is 46.5 Å². The van der Waals surface area contributed by atoms with Crippen LogP contribution in [0, 0.1) is 5.82 Å². The van der Waals surface area contributed by atoms with Crippen molar-refractivity contribution in [2.75, 3.05) is 39.8 Å². The van der Waals surface area contributed by atoms with Crippen molar-refractivity contribution in [3.05, 3.63) is 34.1 Å². The van der Waals surface area contributed by atoms with Crippen LogP contribution >= 0.6 is 39.9 Å². The first kappa shape index (κ1) is 22.4. The molecule has 1 aliphatic carbocycles. The zero-order valence-electron chi connectivity index (χ0n) is 15.4. The molecule has 0 spiro atoms. The van der Waals surface area contributed by atoms with Gasteiger partial charge in [0.05, 0.1) is 11.0 Å². The lowest BCUT2D eigenvalue weighted by Gasteiger charge is -2.36. The van der Waals surface area contributed by atoms with E-state index in [2.05, 4.69) is 41.4 Å². The third kappa shape index (κ3) is 6.86. The van der Waals surface area contributed by atoms with Crippen molar-refractivity contribution in [1.82, 2.24) is 20.4 Å². The molecule has 6 nitrogen and oxygen atoms in total. The number of carbonyl (C=O) groups is 1. The van der Waals surface area contributed by atoms with Crippen LogP contribution in [0.15, 0.2) is 27.7 Å². The van der Waals surface area contributed by atoms with E-state index in [1.54, 1.807) is 13.1 Å². The zero-order valence-corrected chi connectivity index (χ0v) is 19.3. The van der Waals surface area contributed by atoms with Gasteiger partial charge in [-0.2, -0.15) is 0 Å². The molecule has 1 aromatic carbocycles. The summed E-state index contributed by atoms with van der Waals surface area (Å²) >= 11 is 3.16. The molecule has 27 heavy (non-hydrogen) atoms. The number of benzene rings is 1. The Morgan fingerprint density at radius 3 is 2.59 bits per heavy atom. The molecule has 3 rings (SSSR count). The highest BCUT2D eigenvalue weighted by atomic mass is 127. The molecule has 1 saturated heterocycles. The molecule has 0 aromatic heterocycles. The van der Waals surface area contributed by atoms with Crippen molar-refractivity contribution in [1.29, 1.82) is 0 Å². The van der Waals surface area contributed by atoms with Gasteiger partial charge in [-0.25, -0.2) is 4.39 Å². The highest BCUT2D eigenvalue weighted by molar-refractivity contribution is 14.0. The smallest absolute Gasteiger partial charge is 0.234 e. The molecular formula is C18H26BrFIN5O. The Bertz CT molecular complexity index is 678. The summed E-state index contributed by atoms with van der Waals surface area (Å²) in [7, 11) is 1.75. The molecule has 2 fully saturated rings. The summed E-state index contributed by atoms with van der Waals surface area (Å²) in [5.41, 5.74) is 0.863. The lowest BCUT2D eigenvalue weighted by molar-refractivity contribution is -0.122. The molecule has 1 heterocycles. The summed E-state index contributed by atoms with van der Waals surface area (Å²) in [5.74, 6) is 0.661. The number of halogens is 3. The Morgan fingerprint density at radius 1 is 1.30 bits per heavy atom. The molecule has 2 aliphatic rings. The molecule has 9 heteroatoms. The number of hydrogen-bond acceptors (Lipinski definition) is 3. The van der Waals surface area contributed by atoms with E-state index in [1.807, 2.05) is 6.07 Å². The van der Waals surface area contributed by atoms with E-state index in [9.17, 15) is 9.18 Å². The summed E-state index contributed by atoms with van der Waals surface area (Å²) in [5, 5.41) is 6.32. The summed E-state index contributed by atoms with van der Waals surface area (Å²) < 4.78 is 14.1. The van der Waals surface area contributed by atoms with Crippen LogP contribution < -0.4 is 10.6 Å². The fourth-order valence-electron chi connectivity index (χ4n) is 2.98. The van der Waals surface area contributed by atoms with E-state index in [-0.39, 0.29) is 35.7 Å². The largest absolute Gasteiger partial charge is 0.352 e. The molecule has 0 bridgehead atoms. The second-order valence-electron chi connectivity index (χ2n) is 6.75. The fraction of sp³-hybridized carbons (Fsp3) is 0.556. The van der Waals surface area contributed by atoms with Gasteiger partial charge in [-0.1, -0.05) is 6.07 Å². The zero-order chi connectivity index (χ0) is 18.5. The Labute approximate surface area is 185 Å². The lowest BCUT2D eigenvalue weighted by Crippen LogP contribution is -2.54. The van der Waals surface area contributed by atoms with Crippen molar-refractivity contribution < 1.29 is 9.18 Å². The van der Waals surface area contributed by atoms with Crippen LogP contribution in [-0.2, 0) is 11.3 Å². The van der Waals surface area contributed by atoms with Gasteiger partial charge in [0, 0.05) is 45.8 Å². The van der Waals surface area contributed by atoms with Crippen molar-refractivity contribution in [3.8, 4) is 0 Å². The minimum absolute atomic E-state index is 0. The van der Waals surface area contributed by atoms with Crippen molar-refractivity contribution >= 4 is 51.8 Å². The Balaban J connectivity index is 0.00000261. The maximum Gasteiger partial charge on any atom is 0.234 e. The summed E-state index contributed by atoms with van der Waals surface area (Å²) in [6.07, 6.45) is 2.23. The molecule has 1 aromatic rings. The number of nitrogens with one attached hydrogen (secondary N) is 2. The number of rotatable bonds is 5. The van der Waals surface area contributed by atoms with E-state index in [0.29, 0.717) is 23.6 Å². The Hall–Kier alpha value is -0.940. The number of carbonyl (C=O) groups excluding carboxylic acids is 1. The minimum atomic E-state index is -0.266. The van der Waals surface area contributed by atoms with Crippen LogP contribution in [-0.4, -0.2) is 67.5 Å². The average molecular weight is 554 g/mol. The third-order valence-corrected chi connectivity index (χ3v) is 5.27. The Morgan fingerprint density at radius 2 is 2.00 bits per heavy atom. The van der Waals surface area contributed by atoms with E-state index in [4.69, 9.17) is 0 Å². The number of nitrogens with zero attached hydrogens (tertiary/aromatic N) is 3. The van der Waals surface area contributed by atoms with Crippen LogP contribution in [0.1, 0.15) is 18.4 Å². The number of amides is 1. The molecule has 1 aliphatic heterocycles. The van der Waals surface area contributed by atoms with E-state index < -0.39 is 0 Å². The molecule has 0 atom stereocenters. The predicted octanol–water partition coefficient (Wildman–Crippen LogP) is 2.18. The summed E-state index contributed by atoms with van der Waals surface area (Å²) in [6, 6.07) is 5.51. The van der Waals surface area contributed by atoms with Gasteiger partial charge in [-0.15, -0.1) is 24.0 Å². The van der Waals surface area contributed by atoms with E-state index in [0.717, 1.165) is 50.5 Å². The molecule has 2 N–H and O–H groups in total. The van der Waals surface area contributed by atoms with Crippen molar-refractivity contribution in [2.45, 2.75) is 25.4 Å². The van der Waals surface area contributed by atoms with Gasteiger partial charge in [0.25, 0.3) is 0 Å². The van der Waals surface area contributed by atoms with E-state index >= 15 is 0 Å². The average Bonchev–Trinajstić information content (AvgIpc) is 3.43. The predicted molar refractivity (Wildman–Crippen MR) is 119 cm³/mol. The number of guanidine groups is 1. The number of aliphatic imine (C=N–C) groups is 1. The molecule has 150 valence electrons. The maximum atomic E-state index is 13.6. The monoisotopic (exact) mass is 553 g/mol. The first-order valence-electron chi connectivity index (χ1n) is 8.96. The van der Waals surface area contributed by atoms with Gasteiger partial charge in [0.15, 0.2) is 5.96 Å². The first-order chi connectivity index (χ1) is 12.5. The minimum Gasteiger partial charge on any atom is -0.352 e. The normalized spacial score (nSPS) is 18.0. The van der Waals surface area contributed by atoms with Crippen LogP contribution in [0.5, 0.6) is 0 Å². The molecular weight excluding hydrogens is 528 g/mol. The number of piperazine rings is 1. The maximum absolute atomic E-state index is 13.6. The lowest BCUT2D eigenvalue weighted by atomic mass is 10.2. The summed E-state index contributed by atoms with van der Waals surface area (Å²) in [6.45, 7) is 4.25. The van der Waals surface area contributed by atoms with Crippen LogP contribution in [0.25, 0.3) is 0 Å². The second-order valence-corrected chi connectivity index (χ2v) is 7.61.